The topological polar surface area (TPSA) is 85.8 Å². The highest BCUT2D eigenvalue weighted by Crippen LogP contribution is 2.05. The number of aryl methyl sites for hydroxylation is 1. The molecule has 3 N–H and O–H groups in total. The van der Waals surface area contributed by atoms with E-state index in [0.29, 0.717) is 18.8 Å². The van der Waals surface area contributed by atoms with Gasteiger partial charge in [-0.3, -0.25) is 9.48 Å². The molecule has 94 valence electrons. The molecule has 0 saturated carbocycles. The van der Waals surface area contributed by atoms with Crippen LogP contribution in [0.5, 0.6) is 0 Å². The van der Waals surface area contributed by atoms with E-state index in [4.69, 9.17) is 5.73 Å². The average Bonchev–Trinajstić information content (AvgIpc) is 2.75. The number of nitrogens with one attached hydrogen (secondary N) is 1. The van der Waals surface area contributed by atoms with Crippen LogP contribution < -0.4 is 11.1 Å². The second-order valence-electron chi connectivity index (χ2n) is 3.98. The lowest BCUT2D eigenvalue weighted by Gasteiger charge is -2.06. The van der Waals surface area contributed by atoms with E-state index in [1.54, 1.807) is 29.2 Å². The Morgan fingerprint density at radius 2 is 2.39 bits per heavy atom. The first-order valence-electron chi connectivity index (χ1n) is 5.64. The van der Waals surface area contributed by atoms with Gasteiger partial charge in [0.2, 0.25) is 0 Å². The molecule has 0 aliphatic rings. The number of aromatic nitrogens is 3. The molecule has 0 saturated heterocycles. The predicted octanol–water partition coefficient (Wildman–Crippen LogP) is 0.599. The molecular formula is C12H15N5O. The van der Waals surface area contributed by atoms with Crippen LogP contribution in [0.3, 0.4) is 0 Å². The van der Waals surface area contributed by atoms with Crippen molar-refractivity contribution < 1.29 is 4.79 Å². The molecule has 0 aliphatic heterocycles. The minimum atomic E-state index is -0.267. The fourth-order valence-electron chi connectivity index (χ4n) is 1.56. The number of carbonyl (C=O) groups is 1. The molecule has 0 radical (unpaired) electrons. The van der Waals surface area contributed by atoms with E-state index >= 15 is 0 Å². The average molecular weight is 245 g/mol. The summed E-state index contributed by atoms with van der Waals surface area (Å²) >= 11 is 0. The number of nitrogen functional groups attached to an aromatic ring is 1. The highest BCUT2D eigenvalue weighted by atomic mass is 16.1. The molecule has 0 unspecified atom stereocenters. The maximum Gasteiger partial charge on any atom is 0.272 e. The van der Waals surface area contributed by atoms with Crippen molar-refractivity contribution in [2.45, 2.75) is 13.5 Å². The summed E-state index contributed by atoms with van der Waals surface area (Å²) in [5.41, 5.74) is 7.40. The van der Waals surface area contributed by atoms with Crippen LogP contribution in [-0.4, -0.2) is 27.2 Å². The van der Waals surface area contributed by atoms with Gasteiger partial charge in [-0.15, -0.1) is 0 Å². The highest BCUT2D eigenvalue weighted by Gasteiger charge is 2.09. The van der Waals surface area contributed by atoms with Gasteiger partial charge >= 0.3 is 0 Å². The SMILES string of the molecule is Cc1cnn(CCNC(=O)c2ncccc2N)c1. The Balaban J connectivity index is 1.87. The summed E-state index contributed by atoms with van der Waals surface area (Å²) in [5.74, 6) is -0.267. The van der Waals surface area contributed by atoms with E-state index < -0.39 is 0 Å². The predicted molar refractivity (Wildman–Crippen MR) is 67.9 cm³/mol. The molecule has 0 atom stereocenters. The number of carbonyl (C=O) groups excluding carboxylic acids is 1. The zero-order chi connectivity index (χ0) is 13.0. The maximum absolute atomic E-state index is 11.8. The molecule has 6 nitrogen and oxygen atoms in total. The van der Waals surface area contributed by atoms with Gasteiger partial charge < -0.3 is 11.1 Å². The van der Waals surface area contributed by atoms with Crippen LogP contribution in [0.25, 0.3) is 0 Å². The van der Waals surface area contributed by atoms with Crippen LogP contribution in [0.1, 0.15) is 16.1 Å². The molecule has 2 aromatic rings. The van der Waals surface area contributed by atoms with Gasteiger partial charge in [0, 0.05) is 18.9 Å². The van der Waals surface area contributed by atoms with E-state index in [-0.39, 0.29) is 11.6 Å². The summed E-state index contributed by atoms with van der Waals surface area (Å²) in [6, 6.07) is 3.34. The molecule has 0 bridgehead atoms. The lowest BCUT2D eigenvalue weighted by atomic mass is 10.3. The van der Waals surface area contributed by atoms with Crippen molar-refractivity contribution in [2.24, 2.45) is 0 Å². The lowest BCUT2D eigenvalue weighted by molar-refractivity contribution is 0.0948. The fraction of sp³-hybridized carbons (Fsp3) is 0.250. The first-order chi connectivity index (χ1) is 8.66. The van der Waals surface area contributed by atoms with Crippen LogP contribution in [0.15, 0.2) is 30.7 Å². The fourth-order valence-corrected chi connectivity index (χ4v) is 1.56. The maximum atomic E-state index is 11.8. The molecule has 0 aromatic carbocycles. The van der Waals surface area contributed by atoms with Crippen molar-refractivity contribution in [3.05, 3.63) is 42.0 Å². The van der Waals surface area contributed by atoms with Gasteiger partial charge in [-0.05, 0) is 24.6 Å². The summed E-state index contributed by atoms with van der Waals surface area (Å²) in [7, 11) is 0. The Hall–Kier alpha value is -2.37. The molecule has 18 heavy (non-hydrogen) atoms. The zero-order valence-corrected chi connectivity index (χ0v) is 10.1. The second-order valence-corrected chi connectivity index (χ2v) is 3.98. The Morgan fingerprint density at radius 1 is 1.56 bits per heavy atom. The monoisotopic (exact) mass is 245 g/mol. The Morgan fingerprint density at radius 3 is 3.06 bits per heavy atom. The Bertz CT molecular complexity index is 549. The van der Waals surface area contributed by atoms with Crippen molar-refractivity contribution in [1.29, 1.82) is 0 Å². The molecule has 2 heterocycles. The largest absolute Gasteiger partial charge is 0.397 e. The standard InChI is InChI=1S/C12H15N5O/c1-9-7-16-17(8-9)6-5-15-12(18)11-10(13)3-2-4-14-11/h2-4,7-8H,5-6,13H2,1H3,(H,15,18). The third-order valence-electron chi connectivity index (χ3n) is 2.44. The number of nitrogens with two attached hydrogens (primary N) is 1. The third-order valence-corrected chi connectivity index (χ3v) is 2.44. The number of pyridine rings is 1. The summed E-state index contributed by atoms with van der Waals surface area (Å²) in [6.45, 7) is 3.07. The zero-order valence-electron chi connectivity index (χ0n) is 10.1. The van der Waals surface area contributed by atoms with Crippen molar-refractivity contribution in [3.63, 3.8) is 0 Å². The van der Waals surface area contributed by atoms with Crippen molar-refractivity contribution in [1.82, 2.24) is 20.1 Å². The molecular weight excluding hydrogens is 230 g/mol. The summed E-state index contributed by atoms with van der Waals surface area (Å²) in [4.78, 5) is 15.7. The number of hydrogen-bond acceptors (Lipinski definition) is 4. The first kappa shape index (κ1) is 12.1. The molecule has 0 fully saturated rings. The minimum Gasteiger partial charge on any atom is -0.397 e. The van der Waals surface area contributed by atoms with Crippen molar-refractivity contribution >= 4 is 11.6 Å². The van der Waals surface area contributed by atoms with Crippen LogP contribution in [-0.2, 0) is 6.54 Å². The Kier molecular flexibility index (Phi) is 3.57. The number of nitrogens with zero attached hydrogens (tertiary/aromatic N) is 3. The van der Waals surface area contributed by atoms with Crippen molar-refractivity contribution in [3.8, 4) is 0 Å². The molecule has 1 amide bonds. The smallest absolute Gasteiger partial charge is 0.272 e. The molecule has 2 aromatic heterocycles. The van der Waals surface area contributed by atoms with E-state index in [9.17, 15) is 4.79 Å². The van der Waals surface area contributed by atoms with Gasteiger partial charge in [0.1, 0.15) is 0 Å². The molecule has 0 aliphatic carbocycles. The van der Waals surface area contributed by atoms with Crippen LogP contribution in [0.2, 0.25) is 0 Å². The highest BCUT2D eigenvalue weighted by molar-refractivity contribution is 5.96. The lowest BCUT2D eigenvalue weighted by Crippen LogP contribution is -2.28. The van der Waals surface area contributed by atoms with E-state index in [2.05, 4.69) is 15.4 Å². The quantitative estimate of drug-likeness (QED) is 0.825. The van der Waals surface area contributed by atoms with Gasteiger partial charge in [0.05, 0.1) is 18.4 Å². The van der Waals surface area contributed by atoms with Gasteiger partial charge in [0.25, 0.3) is 5.91 Å². The number of rotatable bonds is 4. The molecule has 2 rings (SSSR count). The summed E-state index contributed by atoms with van der Waals surface area (Å²) < 4.78 is 1.78. The van der Waals surface area contributed by atoms with Gasteiger partial charge in [-0.2, -0.15) is 5.10 Å². The van der Waals surface area contributed by atoms with E-state index in [0.717, 1.165) is 5.56 Å². The van der Waals surface area contributed by atoms with Crippen LogP contribution >= 0.6 is 0 Å². The molecule has 0 spiro atoms. The number of amides is 1. The minimum absolute atomic E-state index is 0.258. The van der Waals surface area contributed by atoms with E-state index in [1.807, 2.05) is 13.1 Å². The van der Waals surface area contributed by atoms with Crippen molar-refractivity contribution in [2.75, 3.05) is 12.3 Å². The van der Waals surface area contributed by atoms with E-state index in [1.165, 1.54) is 0 Å². The van der Waals surface area contributed by atoms with Gasteiger partial charge in [-0.25, -0.2) is 4.98 Å². The summed E-state index contributed by atoms with van der Waals surface area (Å²) in [5, 5.41) is 6.88. The molecule has 6 heteroatoms. The van der Waals surface area contributed by atoms with Crippen LogP contribution in [0, 0.1) is 6.92 Å². The van der Waals surface area contributed by atoms with Gasteiger partial charge in [-0.1, -0.05) is 0 Å². The number of hydrogen-bond donors (Lipinski definition) is 2. The summed E-state index contributed by atoms with van der Waals surface area (Å²) in [6.07, 6.45) is 5.24. The normalized spacial score (nSPS) is 10.3. The second kappa shape index (κ2) is 5.31. The van der Waals surface area contributed by atoms with Crippen LogP contribution in [0.4, 0.5) is 5.69 Å². The number of anilines is 1. The first-order valence-corrected chi connectivity index (χ1v) is 5.64. The van der Waals surface area contributed by atoms with Gasteiger partial charge in [0.15, 0.2) is 5.69 Å². The third kappa shape index (κ3) is 2.85. The Labute approximate surface area is 105 Å².